The molecule has 170 valence electrons. The lowest BCUT2D eigenvalue weighted by molar-refractivity contribution is -0.110. The van der Waals surface area contributed by atoms with Gasteiger partial charge in [0.2, 0.25) is 0 Å². The molecule has 0 fully saturated rings. The van der Waals surface area contributed by atoms with E-state index in [0.29, 0.717) is 29.9 Å². The number of aromatic nitrogens is 4. The zero-order chi connectivity index (χ0) is 23.7. The molecule has 2 aromatic carbocycles. The highest BCUT2D eigenvalue weighted by molar-refractivity contribution is 9.10. The molecule has 4 aromatic rings. The molecule has 8 nitrogen and oxygen atoms in total. The van der Waals surface area contributed by atoms with Gasteiger partial charge in [0.15, 0.2) is 0 Å². The molecule has 0 spiro atoms. The highest BCUT2D eigenvalue weighted by Crippen LogP contribution is 2.41. The van der Waals surface area contributed by atoms with Gasteiger partial charge >= 0.3 is 0 Å². The number of hydrogen-bond donors (Lipinski definition) is 3. The Balaban J connectivity index is 1.49. The summed E-state index contributed by atoms with van der Waals surface area (Å²) < 4.78 is 2.60. The first-order chi connectivity index (χ1) is 16.5. The van der Waals surface area contributed by atoms with Gasteiger partial charge in [-0.3, -0.25) is 14.3 Å². The van der Waals surface area contributed by atoms with Gasteiger partial charge in [-0.2, -0.15) is 0 Å². The quantitative estimate of drug-likeness (QED) is 0.333. The van der Waals surface area contributed by atoms with E-state index < -0.39 is 0 Å². The third kappa shape index (κ3) is 4.29. The number of nitrogens with one attached hydrogen (secondary N) is 3. The van der Waals surface area contributed by atoms with E-state index in [0.717, 1.165) is 32.5 Å². The Hall–Kier alpha value is -3.98. The first-order valence-corrected chi connectivity index (χ1v) is 11.5. The van der Waals surface area contributed by atoms with Gasteiger partial charge < -0.3 is 15.6 Å². The van der Waals surface area contributed by atoms with Crippen LogP contribution in [0.4, 0.5) is 5.69 Å². The minimum atomic E-state index is -0.227. The van der Waals surface area contributed by atoms with Crippen molar-refractivity contribution in [1.82, 2.24) is 25.3 Å². The fourth-order valence-corrected chi connectivity index (χ4v) is 4.47. The fourth-order valence-electron chi connectivity index (χ4n) is 4.07. The van der Waals surface area contributed by atoms with E-state index in [1.165, 1.54) is 0 Å². The molecule has 1 aliphatic rings. The Morgan fingerprint density at radius 1 is 1.21 bits per heavy atom. The lowest BCUT2D eigenvalue weighted by Gasteiger charge is -2.09. The zero-order valence-corrected chi connectivity index (χ0v) is 19.9. The molecule has 5 rings (SSSR count). The third-order valence-electron chi connectivity index (χ3n) is 5.58. The standard InChI is InChI=1S/C25H21BrN6O2/c1-15-12-19(24(33)27-8-10-32-11-9-28-31-32)22(29-15)14-20-23-18(16-4-2-5-17(26)13-16)6-3-7-21(23)30-25(20)34/h2-7,9,11-14,29H,8,10H2,1H3,(H,27,33)(H,30,34)/b20-14-. The minimum absolute atomic E-state index is 0.206. The van der Waals surface area contributed by atoms with Crippen molar-refractivity contribution >= 4 is 45.1 Å². The molecule has 34 heavy (non-hydrogen) atoms. The summed E-state index contributed by atoms with van der Waals surface area (Å²) in [6.07, 6.45) is 5.08. The first-order valence-electron chi connectivity index (χ1n) is 10.7. The van der Waals surface area contributed by atoms with Gasteiger partial charge in [0, 0.05) is 34.2 Å². The van der Waals surface area contributed by atoms with Gasteiger partial charge in [0.1, 0.15) is 0 Å². The first kappa shape index (κ1) is 21.8. The summed E-state index contributed by atoms with van der Waals surface area (Å²) in [5, 5.41) is 13.5. The van der Waals surface area contributed by atoms with E-state index >= 15 is 0 Å². The molecule has 3 heterocycles. The summed E-state index contributed by atoms with van der Waals surface area (Å²) in [7, 11) is 0. The van der Waals surface area contributed by atoms with Crippen LogP contribution in [0, 0.1) is 6.92 Å². The van der Waals surface area contributed by atoms with Gasteiger partial charge in [0.25, 0.3) is 11.8 Å². The van der Waals surface area contributed by atoms with Crippen LogP contribution < -0.4 is 10.6 Å². The number of nitrogens with zero attached hydrogens (tertiary/aromatic N) is 3. The molecule has 0 unspecified atom stereocenters. The van der Waals surface area contributed by atoms with Crippen molar-refractivity contribution in [2.45, 2.75) is 13.5 Å². The number of halogens is 1. The van der Waals surface area contributed by atoms with Crippen LogP contribution in [0.3, 0.4) is 0 Å². The number of carbonyl (C=O) groups excluding carboxylic acids is 2. The van der Waals surface area contributed by atoms with E-state index in [1.807, 2.05) is 49.4 Å². The minimum Gasteiger partial charge on any atom is -0.358 e. The normalized spacial score (nSPS) is 13.7. The molecule has 2 aromatic heterocycles. The van der Waals surface area contributed by atoms with Crippen molar-refractivity contribution in [3.8, 4) is 11.1 Å². The molecule has 3 N–H and O–H groups in total. The smallest absolute Gasteiger partial charge is 0.256 e. The Morgan fingerprint density at radius 2 is 2.06 bits per heavy atom. The Bertz CT molecular complexity index is 1420. The van der Waals surface area contributed by atoms with Crippen molar-refractivity contribution in [3.63, 3.8) is 0 Å². The van der Waals surface area contributed by atoms with Crippen LogP contribution in [-0.4, -0.2) is 38.3 Å². The van der Waals surface area contributed by atoms with Gasteiger partial charge in [-0.25, -0.2) is 0 Å². The summed E-state index contributed by atoms with van der Waals surface area (Å²) >= 11 is 3.53. The van der Waals surface area contributed by atoms with Crippen molar-refractivity contribution in [2.75, 3.05) is 11.9 Å². The maximum atomic E-state index is 13.0. The van der Waals surface area contributed by atoms with Gasteiger partial charge in [-0.1, -0.05) is 45.4 Å². The van der Waals surface area contributed by atoms with Gasteiger partial charge in [-0.15, -0.1) is 5.10 Å². The number of aryl methyl sites for hydroxylation is 1. The van der Waals surface area contributed by atoms with Crippen LogP contribution in [0.2, 0.25) is 0 Å². The molecular formula is C25H21BrN6O2. The summed E-state index contributed by atoms with van der Waals surface area (Å²) in [6, 6.07) is 15.5. The van der Waals surface area contributed by atoms with Crippen molar-refractivity contribution in [3.05, 3.63) is 87.9 Å². The fraction of sp³-hybridized carbons (Fsp3) is 0.120. The van der Waals surface area contributed by atoms with Crippen LogP contribution in [-0.2, 0) is 11.3 Å². The second-order valence-electron chi connectivity index (χ2n) is 7.95. The SMILES string of the molecule is Cc1cc(C(=O)NCCn2ccnn2)c(/C=C2\C(=O)Nc3cccc(-c4cccc(Br)c4)c32)[nH]1. The summed E-state index contributed by atoms with van der Waals surface area (Å²) in [6.45, 7) is 2.79. The maximum Gasteiger partial charge on any atom is 0.256 e. The van der Waals surface area contributed by atoms with E-state index in [2.05, 4.69) is 41.9 Å². The number of anilines is 1. The number of H-pyrrole nitrogens is 1. The summed E-state index contributed by atoms with van der Waals surface area (Å²) in [4.78, 5) is 29.1. The van der Waals surface area contributed by atoms with Gasteiger partial charge in [-0.05, 0) is 48.4 Å². The van der Waals surface area contributed by atoms with Crippen molar-refractivity contribution in [2.24, 2.45) is 0 Å². The number of hydrogen-bond acceptors (Lipinski definition) is 4. The van der Waals surface area contributed by atoms with E-state index in [-0.39, 0.29) is 11.8 Å². The average molecular weight is 517 g/mol. The van der Waals surface area contributed by atoms with Crippen LogP contribution in [0.5, 0.6) is 0 Å². The zero-order valence-electron chi connectivity index (χ0n) is 18.3. The highest BCUT2D eigenvalue weighted by atomic mass is 79.9. The molecule has 0 radical (unpaired) electrons. The number of rotatable bonds is 6. The molecule has 1 aliphatic heterocycles. The Labute approximate surface area is 204 Å². The van der Waals surface area contributed by atoms with E-state index in [9.17, 15) is 9.59 Å². The third-order valence-corrected chi connectivity index (χ3v) is 6.07. The Kier molecular flexibility index (Phi) is 5.85. The van der Waals surface area contributed by atoms with Crippen molar-refractivity contribution in [1.29, 1.82) is 0 Å². The summed E-state index contributed by atoms with van der Waals surface area (Å²) in [5.74, 6) is -0.433. The van der Waals surface area contributed by atoms with Crippen molar-refractivity contribution < 1.29 is 9.59 Å². The molecule has 0 atom stereocenters. The summed E-state index contributed by atoms with van der Waals surface area (Å²) in [5.41, 5.74) is 5.87. The number of amides is 2. The topological polar surface area (TPSA) is 105 Å². The van der Waals surface area contributed by atoms with Crippen LogP contribution in [0.1, 0.15) is 27.3 Å². The molecule has 9 heteroatoms. The molecule has 0 saturated heterocycles. The van der Waals surface area contributed by atoms with E-state index in [4.69, 9.17) is 0 Å². The average Bonchev–Trinajstić information content (AvgIpc) is 3.53. The lowest BCUT2D eigenvalue weighted by atomic mass is 9.94. The lowest BCUT2D eigenvalue weighted by Crippen LogP contribution is -2.27. The number of fused-ring (bicyclic) bond motifs is 1. The monoisotopic (exact) mass is 516 g/mol. The number of carbonyl (C=O) groups is 2. The van der Waals surface area contributed by atoms with Gasteiger partial charge in [0.05, 0.1) is 29.6 Å². The maximum absolute atomic E-state index is 13.0. The molecule has 0 bridgehead atoms. The van der Waals surface area contributed by atoms with Crippen LogP contribution >= 0.6 is 15.9 Å². The highest BCUT2D eigenvalue weighted by Gasteiger charge is 2.28. The number of benzene rings is 2. The largest absolute Gasteiger partial charge is 0.358 e. The molecule has 0 aliphatic carbocycles. The second-order valence-corrected chi connectivity index (χ2v) is 8.87. The predicted octanol–water partition coefficient (Wildman–Crippen LogP) is 4.27. The molecule has 0 saturated carbocycles. The molecule has 2 amide bonds. The van der Waals surface area contributed by atoms with Crippen LogP contribution in [0.25, 0.3) is 22.8 Å². The number of aromatic amines is 1. The molecular weight excluding hydrogens is 496 g/mol. The Morgan fingerprint density at radius 3 is 2.85 bits per heavy atom. The second kappa shape index (κ2) is 9.11. The van der Waals surface area contributed by atoms with Crippen LogP contribution in [0.15, 0.2) is 65.4 Å². The predicted molar refractivity (Wildman–Crippen MR) is 134 cm³/mol. The van der Waals surface area contributed by atoms with E-state index in [1.54, 1.807) is 29.2 Å².